The molecule has 0 saturated carbocycles. The van der Waals surface area contributed by atoms with Gasteiger partial charge in [-0.2, -0.15) is 0 Å². The number of anilines is 1. The lowest BCUT2D eigenvalue weighted by Gasteiger charge is -2.19. The van der Waals surface area contributed by atoms with Crippen LogP contribution in [0.25, 0.3) is 0 Å². The van der Waals surface area contributed by atoms with Crippen molar-refractivity contribution in [2.45, 2.75) is 6.42 Å². The Hall–Kier alpha value is -1.67. The summed E-state index contributed by atoms with van der Waals surface area (Å²) in [5, 5.41) is 4.03. The molecule has 0 amide bonds. The van der Waals surface area contributed by atoms with Gasteiger partial charge in [-0.05, 0) is 30.2 Å². The SMILES string of the molecule is Clc1ccc2c(c1)Oc1ccccc1CCN2. The molecule has 1 heterocycles. The topological polar surface area (TPSA) is 21.3 Å². The maximum atomic E-state index is 5.99. The highest BCUT2D eigenvalue weighted by Crippen LogP contribution is 2.35. The predicted molar refractivity (Wildman–Crippen MR) is 70.2 cm³/mol. The minimum atomic E-state index is 0.684. The molecule has 0 aliphatic carbocycles. The van der Waals surface area contributed by atoms with Crippen molar-refractivity contribution >= 4 is 17.3 Å². The zero-order chi connectivity index (χ0) is 11.7. The molecule has 1 aliphatic rings. The van der Waals surface area contributed by atoms with E-state index in [4.69, 9.17) is 16.3 Å². The Morgan fingerprint density at radius 1 is 1.06 bits per heavy atom. The highest BCUT2D eigenvalue weighted by Gasteiger charge is 2.12. The van der Waals surface area contributed by atoms with Crippen molar-refractivity contribution < 1.29 is 4.74 Å². The maximum absolute atomic E-state index is 5.99. The van der Waals surface area contributed by atoms with Gasteiger partial charge in [0.25, 0.3) is 0 Å². The molecule has 2 aromatic rings. The van der Waals surface area contributed by atoms with Crippen molar-refractivity contribution in [1.29, 1.82) is 0 Å². The van der Waals surface area contributed by atoms with Gasteiger partial charge in [0.15, 0.2) is 5.75 Å². The van der Waals surface area contributed by atoms with Gasteiger partial charge in [0.2, 0.25) is 0 Å². The smallest absolute Gasteiger partial charge is 0.152 e. The second-order valence-corrected chi connectivity index (χ2v) is 4.46. The van der Waals surface area contributed by atoms with E-state index >= 15 is 0 Å². The van der Waals surface area contributed by atoms with E-state index in [-0.39, 0.29) is 0 Å². The number of ether oxygens (including phenoxy) is 1. The van der Waals surface area contributed by atoms with Crippen LogP contribution < -0.4 is 10.1 Å². The molecule has 0 atom stereocenters. The third-order valence-corrected chi connectivity index (χ3v) is 3.08. The average molecular weight is 246 g/mol. The molecule has 0 radical (unpaired) electrons. The molecule has 0 saturated heterocycles. The van der Waals surface area contributed by atoms with Gasteiger partial charge < -0.3 is 10.1 Å². The number of hydrogen-bond donors (Lipinski definition) is 1. The first-order valence-corrected chi connectivity index (χ1v) is 6.00. The van der Waals surface area contributed by atoms with Crippen LogP contribution in [0.5, 0.6) is 11.5 Å². The van der Waals surface area contributed by atoms with Crippen LogP contribution in [0.2, 0.25) is 5.02 Å². The van der Waals surface area contributed by atoms with Crippen molar-refractivity contribution in [3.05, 3.63) is 53.1 Å². The molecule has 0 fully saturated rings. The normalized spacial score (nSPS) is 13.5. The van der Waals surface area contributed by atoms with E-state index < -0.39 is 0 Å². The highest BCUT2D eigenvalue weighted by molar-refractivity contribution is 6.30. The minimum absolute atomic E-state index is 0.684. The minimum Gasteiger partial charge on any atom is -0.455 e. The van der Waals surface area contributed by atoms with Gasteiger partial charge in [-0.3, -0.25) is 0 Å². The molecule has 2 aromatic carbocycles. The fraction of sp³-hybridized carbons (Fsp3) is 0.143. The molecule has 2 nitrogen and oxygen atoms in total. The Morgan fingerprint density at radius 3 is 2.88 bits per heavy atom. The van der Waals surface area contributed by atoms with Gasteiger partial charge in [-0.1, -0.05) is 29.8 Å². The lowest BCUT2D eigenvalue weighted by molar-refractivity contribution is 0.475. The molecule has 1 N–H and O–H groups in total. The third-order valence-electron chi connectivity index (χ3n) is 2.85. The predicted octanol–water partition coefficient (Wildman–Crippen LogP) is 4.10. The standard InChI is InChI=1S/C14H12ClNO/c15-11-5-6-12-14(9-11)17-13-4-2-1-3-10(13)7-8-16-12/h1-6,9,16H,7-8H2. The summed E-state index contributed by atoms with van der Waals surface area (Å²) < 4.78 is 5.92. The van der Waals surface area contributed by atoms with Crippen LogP contribution >= 0.6 is 11.6 Å². The fourth-order valence-electron chi connectivity index (χ4n) is 1.99. The van der Waals surface area contributed by atoms with Crippen LogP contribution in [-0.2, 0) is 6.42 Å². The quantitative estimate of drug-likeness (QED) is 0.755. The van der Waals surface area contributed by atoms with E-state index in [2.05, 4.69) is 11.4 Å². The summed E-state index contributed by atoms with van der Waals surface area (Å²) in [6.07, 6.45) is 0.957. The molecule has 3 rings (SSSR count). The zero-order valence-electron chi connectivity index (χ0n) is 9.24. The Bertz CT molecular complexity index is 554. The molecule has 1 aliphatic heterocycles. The molecular weight excluding hydrogens is 234 g/mol. The van der Waals surface area contributed by atoms with E-state index in [1.807, 2.05) is 36.4 Å². The van der Waals surface area contributed by atoms with Crippen LogP contribution in [-0.4, -0.2) is 6.54 Å². The van der Waals surface area contributed by atoms with Crippen LogP contribution in [0, 0.1) is 0 Å². The molecular formula is C14H12ClNO. The first-order chi connectivity index (χ1) is 8.33. The van der Waals surface area contributed by atoms with Crippen LogP contribution in [0.3, 0.4) is 0 Å². The number of rotatable bonds is 0. The summed E-state index contributed by atoms with van der Waals surface area (Å²) in [4.78, 5) is 0. The molecule has 86 valence electrons. The number of halogens is 1. The van der Waals surface area contributed by atoms with Crippen molar-refractivity contribution in [2.24, 2.45) is 0 Å². The van der Waals surface area contributed by atoms with Crippen molar-refractivity contribution in [1.82, 2.24) is 0 Å². The van der Waals surface area contributed by atoms with E-state index in [0.717, 1.165) is 30.2 Å². The van der Waals surface area contributed by atoms with Gasteiger partial charge >= 0.3 is 0 Å². The van der Waals surface area contributed by atoms with E-state index in [1.165, 1.54) is 5.56 Å². The van der Waals surface area contributed by atoms with Crippen LogP contribution in [0.1, 0.15) is 5.56 Å². The Balaban J connectivity index is 2.07. The summed E-state index contributed by atoms with van der Waals surface area (Å²) in [6, 6.07) is 13.8. The van der Waals surface area contributed by atoms with Gasteiger partial charge in [-0.15, -0.1) is 0 Å². The van der Waals surface area contributed by atoms with Crippen molar-refractivity contribution in [3.8, 4) is 11.5 Å². The molecule has 17 heavy (non-hydrogen) atoms. The lowest BCUT2D eigenvalue weighted by atomic mass is 10.1. The largest absolute Gasteiger partial charge is 0.455 e. The Morgan fingerprint density at radius 2 is 1.94 bits per heavy atom. The zero-order valence-corrected chi connectivity index (χ0v) is 10.00. The highest BCUT2D eigenvalue weighted by atomic mass is 35.5. The van der Waals surface area contributed by atoms with Crippen LogP contribution in [0.4, 0.5) is 5.69 Å². The number of nitrogens with one attached hydrogen (secondary N) is 1. The molecule has 0 bridgehead atoms. The van der Waals surface area contributed by atoms with E-state index in [0.29, 0.717) is 5.02 Å². The van der Waals surface area contributed by atoms with E-state index in [1.54, 1.807) is 0 Å². The van der Waals surface area contributed by atoms with Crippen LogP contribution in [0.15, 0.2) is 42.5 Å². The summed E-state index contributed by atoms with van der Waals surface area (Å²) in [7, 11) is 0. The first kappa shape index (κ1) is 10.5. The molecule has 0 aromatic heterocycles. The number of fused-ring (bicyclic) bond motifs is 2. The van der Waals surface area contributed by atoms with Crippen molar-refractivity contribution in [3.63, 3.8) is 0 Å². The number of benzene rings is 2. The summed E-state index contributed by atoms with van der Waals surface area (Å²) >= 11 is 5.99. The number of hydrogen-bond acceptors (Lipinski definition) is 2. The Labute approximate surface area is 105 Å². The Kier molecular flexibility index (Phi) is 2.65. The summed E-state index contributed by atoms with van der Waals surface area (Å²) in [5.74, 6) is 1.70. The maximum Gasteiger partial charge on any atom is 0.152 e. The van der Waals surface area contributed by atoms with Crippen molar-refractivity contribution in [2.75, 3.05) is 11.9 Å². The summed E-state index contributed by atoms with van der Waals surface area (Å²) in [5.41, 5.74) is 2.20. The van der Waals surface area contributed by atoms with Gasteiger partial charge in [0, 0.05) is 17.6 Å². The first-order valence-electron chi connectivity index (χ1n) is 5.62. The van der Waals surface area contributed by atoms with Gasteiger partial charge in [-0.25, -0.2) is 0 Å². The lowest BCUT2D eigenvalue weighted by Crippen LogP contribution is -2.09. The van der Waals surface area contributed by atoms with Gasteiger partial charge in [0.05, 0.1) is 5.69 Å². The monoisotopic (exact) mass is 245 g/mol. The van der Waals surface area contributed by atoms with E-state index in [9.17, 15) is 0 Å². The average Bonchev–Trinajstić information content (AvgIpc) is 2.31. The summed E-state index contributed by atoms with van der Waals surface area (Å²) in [6.45, 7) is 0.898. The second-order valence-electron chi connectivity index (χ2n) is 4.03. The molecule has 0 unspecified atom stereocenters. The third kappa shape index (κ3) is 2.08. The second kappa shape index (κ2) is 4.30. The molecule has 3 heteroatoms. The molecule has 0 spiro atoms. The van der Waals surface area contributed by atoms with Gasteiger partial charge in [0.1, 0.15) is 5.75 Å². The number of para-hydroxylation sites is 1. The fourth-order valence-corrected chi connectivity index (χ4v) is 2.15.